The monoisotopic (exact) mass is 393 g/mol. The molecule has 28 heavy (non-hydrogen) atoms. The fourth-order valence-corrected chi connectivity index (χ4v) is 3.12. The number of benzene rings is 1. The van der Waals surface area contributed by atoms with E-state index in [9.17, 15) is 4.79 Å². The van der Waals surface area contributed by atoms with Crippen LogP contribution in [0.25, 0.3) is 11.4 Å². The molecule has 0 radical (unpaired) electrons. The summed E-state index contributed by atoms with van der Waals surface area (Å²) < 4.78 is 6.64. The fraction of sp³-hybridized carbons (Fsp3) is 0.0556. The van der Waals surface area contributed by atoms with Crippen molar-refractivity contribution in [1.82, 2.24) is 25.1 Å². The molecule has 1 amide bonds. The summed E-state index contributed by atoms with van der Waals surface area (Å²) in [5, 5.41) is 20.0. The molecule has 4 aromatic rings. The van der Waals surface area contributed by atoms with Gasteiger partial charge in [0.1, 0.15) is 10.8 Å². The lowest BCUT2D eigenvalue weighted by molar-refractivity contribution is 0.102. The summed E-state index contributed by atoms with van der Waals surface area (Å²) in [6.45, 7) is 1.82. The molecule has 0 bridgehead atoms. The maximum Gasteiger partial charge on any atom is 0.276 e. The Morgan fingerprint density at radius 2 is 1.89 bits per heavy atom. The summed E-state index contributed by atoms with van der Waals surface area (Å²) >= 11 is 1.19. The zero-order valence-corrected chi connectivity index (χ0v) is 15.6. The van der Waals surface area contributed by atoms with Crippen molar-refractivity contribution >= 4 is 23.4 Å². The van der Waals surface area contributed by atoms with Crippen molar-refractivity contribution in [3.8, 4) is 11.4 Å². The van der Waals surface area contributed by atoms with Gasteiger partial charge in [-0.15, -0.1) is 20.4 Å². The molecule has 140 valence electrons. The number of anilines is 1. The first kappa shape index (κ1) is 17.7. The highest BCUT2D eigenvalue weighted by Gasteiger charge is 2.17. The van der Waals surface area contributed by atoms with E-state index in [1.807, 2.05) is 25.1 Å². The Labute approximate surface area is 164 Å². The van der Waals surface area contributed by atoms with Crippen LogP contribution in [0.15, 0.2) is 69.4 Å². The van der Waals surface area contributed by atoms with Gasteiger partial charge in [-0.2, -0.15) is 0 Å². The molecule has 0 spiro atoms. The summed E-state index contributed by atoms with van der Waals surface area (Å²) in [4.78, 5) is 12.2. The van der Waals surface area contributed by atoms with E-state index < -0.39 is 0 Å². The Hall–Kier alpha value is -3.66. The molecule has 3 heterocycles. The van der Waals surface area contributed by atoms with Crippen molar-refractivity contribution in [3.63, 3.8) is 0 Å². The Morgan fingerprint density at radius 1 is 1.07 bits per heavy atom. The number of hydrogen-bond donors (Lipinski definition) is 2. The number of nitrogens with one attached hydrogen (secondary N) is 1. The number of carbonyl (C=O) groups excluding carboxylic acids is 1. The van der Waals surface area contributed by atoms with Crippen LogP contribution < -0.4 is 11.2 Å². The highest BCUT2D eigenvalue weighted by molar-refractivity contribution is 7.99. The number of hydrogen-bond acceptors (Lipinski definition) is 8. The molecular formula is C18H15N7O2S. The maximum atomic E-state index is 12.2. The number of carbonyl (C=O) groups is 1. The van der Waals surface area contributed by atoms with Gasteiger partial charge in [0.2, 0.25) is 5.16 Å². The fourth-order valence-electron chi connectivity index (χ4n) is 2.45. The third-order valence-electron chi connectivity index (χ3n) is 3.86. The largest absolute Gasteiger partial charge is 0.469 e. The van der Waals surface area contributed by atoms with Crippen LogP contribution in [-0.2, 0) is 0 Å². The lowest BCUT2D eigenvalue weighted by Gasteiger charge is -2.05. The first-order chi connectivity index (χ1) is 13.6. The van der Waals surface area contributed by atoms with E-state index in [1.165, 1.54) is 16.4 Å². The second kappa shape index (κ2) is 7.53. The highest BCUT2D eigenvalue weighted by atomic mass is 32.2. The number of aryl methyl sites for hydroxylation is 1. The number of aromatic nitrogens is 5. The molecule has 0 fully saturated rings. The van der Waals surface area contributed by atoms with Crippen molar-refractivity contribution in [3.05, 3.63) is 66.2 Å². The average Bonchev–Trinajstić information content (AvgIpc) is 3.29. The second-order valence-corrected chi connectivity index (χ2v) is 6.73. The SMILES string of the molecule is Cc1occc1-c1nnc(Sc2ccc(C(=O)Nc3ccccc3)nn2)n1N. The average molecular weight is 393 g/mol. The minimum atomic E-state index is -0.338. The van der Waals surface area contributed by atoms with Crippen molar-refractivity contribution in [2.75, 3.05) is 11.2 Å². The van der Waals surface area contributed by atoms with Gasteiger partial charge in [0.15, 0.2) is 11.5 Å². The van der Waals surface area contributed by atoms with Gasteiger partial charge in [-0.05, 0) is 49.0 Å². The Balaban J connectivity index is 1.47. The van der Waals surface area contributed by atoms with Crippen LogP contribution in [0.3, 0.4) is 0 Å². The van der Waals surface area contributed by atoms with E-state index >= 15 is 0 Å². The Bertz CT molecular complexity index is 1110. The van der Waals surface area contributed by atoms with Gasteiger partial charge >= 0.3 is 0 Å². The van der Waals surface area contributed by atoms with Crippen LogP contribution >= 0.6 is 11.8 Å². The molecule has 3 N–H and O–H groups in total. The van der Waals surface area contributed by atoms with E-state index in [4.69, 9.17) is 10.3 Å². The minimum Gasteiger partial charge on any atom is -0.469 e. The molecule has 0 unspecified atom stereocenters. The Kier molecular flexibility index (Phi) is 4.77. The van der Waals surface area contributed by atoms with Crippen molar-refractivity contribution < 1.29 is 9.21 Å². The summed E-state index contributed by atoms with van der Waals surface area (Å²) in [6.07, 6.45) is 1.57. The number of nitrogens with two attached hydrogens (primary N) is 1. The zero-order chi connectivity index (χ0) is 19.5. The van der Waals surface area contributed by atoms with E-state index in [2.05, 4.69) is 25.7 Å². The van der Waals surface area contributed by atoms with Gasteiger partial charge < -0.3 is 15.6 Å². The molecule has 0 atom stereocenters. The van der Waals surface area contributed by atoms with Crippen molar-refractivity contribution in [1.29, 1.82) is 0 Å². The van der Waals surface area contributed by atoms with Crippen LogP contribution in [0.5, 0.6) is 0 Å². The van der Waals surface area contributed by atoms with Gasteiger partial charge in [-0.1, -0.05) is 18.2 Å². The summed E-state index contributed by atoms with van der Waals surface area (Å²) in [5.41, 5.74) is 1.66. The first-order valence-corrected chi connectivity index (χ1v) is 9.06. The number of amides is 1. The normalized spacial score (nSPS) is 10.8. The lowest BCUT2D eigenvalue weighted by atomic mass is 10.2. The standard InChI is InChI=1S/C18H15N7O2S/c1-11-13(9-10-27-11)16-23-24-18(25(16)19)28-15-8-7-14(21-22-15)17(26)20-12-5-3-2-4-6-12/h2-10H,19H2,1H3,(H,20,26). The Morgan fingerprint density at radius 3 is 2.57 bits per heavy atom. The molecule has 0 saturated heterocycles. The van der Waals surface area contributed by atoms with Gasteiger partial charge in [0, 0.05) is 5.69 Å². The maximum absolute atomic E-state index is 12.2. The van der Waals surface area contributed by atoms with Gasteiger partial charge in [-0.25, -0.2) is 4.68 Å². The number of furan rings is 1. The van der Waals surface area contributed by atoms with Crippen LogP contribution in [0.4, 0.5) is 5.69 Å². The zero-order valence-electron chi connectivity index (χ0n) is 14.7. The van der Waals surface area contributed by atoms with Crippen molar-refractivity contribution in [2.45, 2.75) is 17.1 Å². The molecular weight excluding hydrogens is 378 g/mol. The van der Waals surface area contributed by atoms with Crippen LogP contribution in [0.2, 0.25) is 0 Å². The molecule has 0 aliphatic rings. The summed E-state index contributed by atoms with van der Waals surface area (Å²) in [6, 6.07) is 14.2. The minimum absolute atomic E-state index is 0.206. The molecule has 0 aliphatic heterocycles. The molecule has 9 nitrogen and oxygen atoms in total. The van der Waals surface area contributed by atoms with E-state index in [1.54, 1.807) is 36.6 Å². The molecule has 1 aromatic carbocycles. The van der Waals surface area contributed by atoms with Gasteiger partial charge in [-0.3, -0.25) is 4.79 Å². The molecule has 10 heteroatoms. The summed E-state index contributed by atoms with van der Waals surface area (Å²) in [7, 11) is 0. The molecule has 0 aliphatic carbocycles. The topological polar surface area (TPSA) is 125 Å². The molecule has 4 rings (SSSR count). The van der Waals surface area contributed by atoms with Gasteiger partial charge in [0.05, 0.1) is 11.8 Å². The number of nitrogens with zero attached hydrogens (tertiary/aromatic N) is 5. The van der Waals surface area contributed by atoms with E-state index in [0.717, 1.165) is 5.56 Å². The lowest BCUT2D eigenvalue weighted by Crippen LogP contribution is -2.14. The van der Waals surface area contributed by atoms with E-state index in [0.29, 0.717) is 27.5 Å². The quantitative estimate of drug-likeness (QED) is 0.496. The number of rotatable bonds is 5. The van der Waals surface area contributed by atoms with Crippen LogP contribution in [0.1, 0.15) is 16.2 Å². The summed E-state index contributed by atoms with van der Waals surface area (Å²) in [5.74, 6) is 6.94. The highest BCUT2D eigenvalue weighted by Crippen LogP contribution is 2.28. The van der Waals surface area contributed by atoms with Gasteiger partial charge in [0.25, 0.3) is 5.91 Å². The van der Waals surface area contributed by atoms with Crippen LogP contribution in [-0.4, -0.2) is 31.0 Å². The smallest absolute Gasteiger partial charge is 0.276 e. The number of para-hydroxylation sites is 1. The van der Waals surface area contributed by atoms with E-state index in [-0.39, 0.29) is 11.6 Å². The molecule has 3 aromatic heterocycles. The number of nitrogen functional groups attached to an aromatic ring is 1. The van der Waals surface area contributed by atoms with Crippen molar-refractivity contribution in [2.24, 2.45) is 0 Å². The predicted molar refractivity (Wildman–Crippen MR) is 103 cm³/mol. The molecule has 0 saturated carbocycles. The third-order valence-corrected chi connectivity index (χ3v) is 4.75. The predicted octanol–water partition coefficient (Wildman–Crippen LogP) is 2.75. The van der Waals surface area contributed by atoms with Crippen LogP contribution in [0, 0.1) is 6.92 Å². The third kappa shape index (κ3) is 3.58. The first-order valence-electron chi connectivity index (χ1n) is 8.25. The second-order valence-electron chi connectivity index (χ2n) is 5.75.